The first kappa shape index (κ1) is 26.8. The zero-order chi connectivity index (χ0) is 26.7. The van der Waals surface area contributed by atoms with Crippen molar-refractivity contribution in [1.82, 2.24) is 20.1 Å². The van der Waals surface area contributed by atoms with Crippen molar-refractivity contribution in [2.75, 3.05) is 57.3 Å². The van der Waals surface area contributed by atoms with Crippen molar-refractivity contribution < 1.29 is 17.9 Å². The highest BCUT2D eigenvalue weighted by Crippen LogP contribution is 2.31. The first-order chi connectivity index (χ1) is 18.2. The molecule has 0 atom stereocenters. The number of anilines is 1. The molecule has 5 rings (SSSR count). The van der Waals surface area contributed by atoms with Crippen LogP contribution in [0.4, 0.5) is 18.9 Å². The van der Waals surface area contributed by atoms with Gasteiger partial charge in [0.1, 0.15) is 5.75 Å². The lowest BCUT2D eigenvalue weighted by molar-refractivity contribution is -0.274. The Bertz CT molecular complexity index is 1190. The van der Waals surface area contributed by atoms with E-state index in [1.807, 2.05) is 18.2 Å². The largest absolute Gasteiger partial charge is 0.573 e. The normalized spacial score (nSPS) is 18.5. The van der Waals surface area contributed by atoms with Crippen LogP contribution in [-0.4, -0.2) is 85.6 Å². The van der Waals surface area contributed by atoms with Gasteiger partial charge in [0.2, 0.25) is 0 Å². The molecule has 2 saturated heterocycles. The van der Waals surface area contributed by atoms with Gasteiger partial charge in [0, 0.05) is 86.7 Å². The number of rotatable bonds is 8. The fraction of sp³-hybridized carbons (Fsp3) is 0.517. The molecular weight excluding hydrogens is 491 g/mol. The molecule has 38 heavy (non-hydrogen) atoms. The molecule has 9 heteroatoms. The predicted octanol–water partition coefficient (Wildman–Crippen LogP) is 5.32. The zero-order valence-electron chi connectivity index (χ0n) is 22.2. The number of H-pyrrole nitrogens is 1. The van der Waals surface area contributed by atoms with Crippen molar-refractivity contribution in [2.45, 2.75) is 45.1 Å². The van der Waals surface area contributed by atoms with Crippen LogP contribution in [0.5, 0.6) is 5.75 Å². The fourth-order valence-corrected chi connectivity index (χ4v) is 5.61. The first-order valence-electron chi connectivity index (χ1n) is 13.7. The van der Waals surface area contributed by atoms with E-state index in [-0.39, 0.29) is 5.75 Å². The second-order valence-corrected chi connectivity index (χ2v) is 10.7. The highest BCUT2D eigenvalue weighted by atomic mass is 19.4. The monoisotopic (exact) mass is 529 g/mol. The summed E-state index contributed by atoms with van der Waals surface area (Å²) in [5.74, 6) is -0.213. The van der Waals surface area contributed by atoms with Gasteiger partial charge in [-0.15, -0.1) is 13.2 Å². The summed E-state index contributed by atoms with van der Waals surface area (Å²) in [4.78, 5) is 10.9. The topological polar surface area (TPSA) is 46.8 Å². The maximum atomic E-state index is 12.6. The molecule has 3 heterocycles. The predicted molar refractivity (Wildman–Crippen MR) is 147 cm³/mol. The maximum Gasteiger partial charge on any atom is 0.573 e. The van der Waals surface area contributed by atoms with E-state index in [1.54, 1.807) is 6.07 Å². The summed E-state index contributed by atoms with van der Waals surface area (Å²) in [6, 6.07) is 15.8. The van der Waals surface area contributed by atoms with Crippen molar-refractivity contribution in [3.8, 4) is 17.0 Å². The van der Waals surface area contributed by atoms with Crippen LogP contribution >= 0.6 is 0 Å². The number of hydrogen-bond donors (Lipinski definition) is 2. The minimum Gasteiger partial charge on any atom is -0.406 e. The Morgan fingerprint density at radius 3 is 2.45 bits per heavy atom. The van der Waals surface area contributed by atoms with E-state index in [2.05, 4.69) is 55.7 Å². The van der Waals surface area contributed by atoms with Crippen LogP contribution in [0.25, 0.3) is 22.2 Å². The Balaban J connectivity index is 1.12. The molecule has 206 valence electrons. The number of piperidine rings is 1. The van der Waals surface area contributed by atoms with Gasteiger partial charge in [-0.2, -0.15) is 0 Å². The summed E-state index contributed by atoms with van der Waals surface area (Å²) in [7, 11) is 0. The second-order valence-electron chi connectivity index (χ2n) is 10.7. The van der Waals surface area contributed by atoms with Crippen molar-refractivity contribution >= 4 is 16.6 Å². The Morgan fingerprint density at radius 1 is 0.974 bits per heavy atom. The number of halogens is 3. The summed E-state index contributed by atoms with van der Waals surface area (Å²) in [5, 5.41) is 4.46. The molecule has 0 radical (unpaired) electrons. The number of hydrogen-bond acceptors (Lipinski definition) is 5. The quantitative estimate of drug-likeness (QED) is 0.414. The van der Waals surface area contributed by atoms with Gasteiger partial charge in [-0.25, -0.2) is 0 Å². The lowest BCUT2D eigenvalue weighted by Crippen LogP contribution is -2.51. The molecule has 1 aromatic heterocycles. The van der Waals surface area contributed by atoms with Gasteiger partial charge in [0.05, 0.1) is 0 Å². The van der Waals surface area contributed by atoms with E-state index in [4.69, 9.17) is 0 Å². The summed E-state index contributed by atoms with van der Waals surface area (Å²) >= 11 is 0. The number of fused-ring (bicyclic) bond motifs is 1. The highest BCUT2D eigenvalue weighted by Gasteiger charge is 2.31. The van der Waals surface area contributed by atoms with E-state index in [9.17, 15) is 13.2 Å². The van der Waals surface area contributed by atoms with Crippen LogP contribution in [0.2, 0.25) is 0 Å². The highest BCUT2D eigenvalue weighted by molar-refractivity contribution is 5.87. The van der Waals surface area contributed by atoms with Gasteiger partial charge < -0.3 is 19.9 Å². The summed E-state index contributed by atoms with van der Waals surface area (Å²) in [6.07, 6.45) is -2.48. The van der Waals surface area contributed by atoms with Gasteiger partial charge >= 0.3 is 6.36 Å². The number of nitrogens with zero attached hydrogens (tertiary/aromatic N) is 3. The van der Waals surface area contributed by atoms with E-state index in [0.29, 0.717) is 17.5 Å². The van der Waals surface area contributed by atoms with Gasteiger partial charge in [-0.3, -0.25) is 9.80 Å². The van der Waals surface area contributed by atoms with Gasteiger partial charge in [-0.1, -0.05) is 12.1 Å². The van der Waals surface area contributed by atoms with Crippen LogP contribution in [-0.2, 0) is 0 Å². The van der Waals surface area contributed by atoms with Gasteiger partial charge in [0.25, 0.3) is 0 Å². The Labute approximate surface area is 222 Å². The number of alkyl halides is 3. The number of piperazine rings is 1. The van der Waals surface area contributed by atoms with E-state index in [0.717, 1.165) is 68.9 Å². The average Bonchev–Trinajstić information content (AvgIpc) is 3.32. The van der Waals surface area contributed by atoms with Crippen LogP contribution in [0, 0.1) is 0 Å². The Morgan fingerprint density at radius 2 is 1.74 bits per heavy atom. The minimum absolute atomic E-state index is 0.213. The van der Waals surface area contributed by atoms with Crippen LogP contribution in [0.1, 0.15) is 26.7 Å². The SMILES string of the molecule is CC(C)N1CCN(CCNC2CCN(c3cccc(-c4cc5cc(OC(F)(F)F)ccc5[nH]4)c3)CC2)CC1. The molecule has 3 aromatic rings. The van der Waals surface area contributed by atoms with Crippen molar-refractivity contribution in [1.29, 1.82) is 0 Å². The summed E-state index contributed by atoms with van der Waals surface area (Å²) in [6.45, 7) is 13.4. The number of benzene rings is 2. The summed E-state index contributed by atoms with van der Waals surface area (Å²) < 4.78 is 41.8. The molecule has 0 bridgehead atoms. The zero-order valence-corrected chi connectivity index (χ0v) is 22.2. The third kappa shape index (κ3) is 6.81. The van der Waals surface area contributed by atoms with Crippen LogP contribution in [0.3, 0.4) is 0 Å². The standard InChI is InChI=1S/C29H38F3N5O/c1-21(2)36-16-14-35(15-17-36)13-10-33-24-8-11-37(12-9-24)25-5-3-4-22(18-25)28-20-23-19-26(38-29(30,31)32)6-7-27(23)34-28/h3-7,18-21,24,33-34H,8-17H2,1-2H3. The molecule has 0 aliphatic carbocycles. The number of aromatic nitrogens is 1. The smallest absolute Gasteiger partial charge is 0.406 e. The first-order valence-corrected chi connectivity index (χ1v) is 13.7. The Kier molecular flexibility index (Phi) is 8.16. The lowest BCUT2D eigenvalue weighted by atomic mass is 10.0. The number of nitrogens with one attached hydrogen (secondary N) is 2. The van der Waals surface area contributed by atoms with Crippen LogP contribution in [0.15, 0.2) is 48.5 Å². The van der Waals surface area contributed by atoms with Crippen molar-refractivity contribution in [3.63, 3.8) is 0 Å². The molecule has 0 unspecified atom stereocenters. The molecule has 2 N–H and O–H groups in total. The molecule has 6 nitrogen and oxygen atoms in total. The number of aromatic amines is 1. The lowest BCUT2D eigenvalue weighted by Gasteiger charge is -2.37. The van der Waals surface area contributed by atoms with E-state index in [1.165, 1.54) is 30.9 Å². The molecular formula is C29H38F3N5O. The molecule has 2 aliphatic heterocycles. The second kappa shape index (κ2) is 11.6. The third-order valence-corrected chi connectivity index (χ3v) is 7.84. The third-order valence-electron chi connectivity index (χ3n) is 7.84. The minimum atomic E-state index is -4.70. The fourth-order valence-electron chi connectivity index (χ4n) is 5.61. The molecule has 0 saturated carbocycles. The molecule has 2 aliphatic rings. The van der Waals surface area contributed by atoms with E-state index >= 15 is 0 Å². The van der Waals surface area contributed by atoms with Crippen molar-refractivity contribution in [3.05, 3.63) is 48.5 Å². The van der Waals surface area contributed by atoms with Crippen molar-refractivity contribution in [2.24, 2.45) is 0 Å². The van der Waals surface area contributed by atoms with Gasteiger partial charge in [0.15, 0.2) is 0 Å². The molecule has 0 amide bonds. The van der Waals surface area contributed by atoms with Gasteiger partial charge in [-0.05, 0) is 68.7 Å². The van der Waals surface area contributed by atoms with E-state index < -0.39 is 6.36 Å². The Hall–Kier alpha value is -2.75. The summed E-state index contributed by atoms with van der Waals surface area (Å²) in [5.41, 5.74) is 3.82. The molecule has 2 fully saturated rings. The average molecular weight is 530 g/mol. The molecule has 2 aromatic carbocycles. The van der Waals surface area contributed by atoms with Crippen LogP contribution < -0.4 is 15.0 Å². The molecule has 0 spiro atoms. The number of ether oxygens (including phenoxy) is 1. The maximum absolute atomic E-state index is 12.6.